The summed E-state index contributed by atoms with van der Waals surface area (Å²) in [5, 5.41) is 16.9. The normalized spacial score (nSPS) is 10.6. The van der Waals surface area contributed by atoms with Crippen molar-refractivity contribution in [3.63, 3.8) is 0 Å². The standard InChI is InChI=1S/C18H22O.C11H14O2.CH2O2/c19-18(15-14-17-10-5-2-6-11-17)13-7-12-16-8-3-1-4-9-16;1-10(12)13-9-5-8-11-6-3-2-4-7-11;2-1-3/h1-6,8-11,18-19H,7,12-15H2;2-4,6-7H,5,8-9H2,1H3;1H,(H,2,3). The van der Waals surface area contributed by atoms with Crippen molar-refractivity contribution in [2.24, 2.45) is 0 Å². The number of aliphatic hydroxyl groups excluding tert-OH is 1. The first-order valence-electron chi connectivity index (χ1n) is 12.1. The predicted molar refractivity (Wildman–Crippen MR) is 140 cm³/mol. The lowest BCUT2D eigenvalue weighted by atomic mass is 10.0. The lowest BCUT2D eigenvalue weighted by Crippen LogP contribution is -2.08. The van der Waals surface area contributed by atoms with Crippen LogP contribution >= 0.6 is 0 Å². The van der Waals surface area contributed by atoms with Crippen LogP contribution in [0, 0.1) is 0 Å². The van der Waals surface area contributed by atoms with Gasteiger partial charge >= 0.3 is 5.97 Å². The molecule has 0 bridgehead atoms. The molecule has 0 saturated carbocycles. The minimum Gasteiger partial charge on any atom is -0.483 e. The fourth-order valence-electron chi connectivity index (χ4n) is 3.45. The highest BCUT2D eigenvalue weighted by Gasteiger charge is 2.04. The van der Waals surface area contributed by atoms with E-state index in [0.29, 0.717) is 6.61 Å². The Morgan fingerprint density at radius 2 is 1.14 bits per heavy atom. The van der Waals surface area contributed by atoms with Gasteiger partial charge in [-0.15, -0.1) is 0 Å². The van der Waals surface area contributed by atoms with E-state index in [1.165, 1.54) is 23.6 Å². The van der Waals surface area contributed by atoms with Crippen LogP contribution in [0.15, 0.2) is 91.0 Å². The van der Waals surface area contributed by atoms with Gasteiger partial charge in [0.05, 0.1) is 12.7 Å². The largest absolute Gasteiger partial charge is 0.483 e. The Kier molecular flexibility index (Phi) is 16.9. The van der Waals surface area contributed by atoms with Crippen LogP contribution in [-0.2, 0) is 33.6 Å². The number of aliphatic hydroxyl groups is 1. The quantitative estimate of drug-likeness (QED) is 0.204. The smallest absolute Gasteiger partial charge is 0.302 e. The maximum Gasteiger partial charge on any atom is 0.302 e. The van der Waals surface area contributed by atoms with Crippen LogP contribution in [0.2, 0.25) is 0 Å². The Hall–Kier alpha value is -3.44. The molecule has 0 heterocycles. The number of aryl methyl sites for hydroxylation is 3. The van der Waals surface area contributed by atoms with Gasteiger partial charge in [0.2, 0.25) is 0 Å². The van der Waals surface area contributed by atoms with E-state index in [4.69, 9.17) is 14.6 Å². The number of carbonyl (C=O) groups is 2. The molecule has 0 amide bonds. The first-order chi connectivity index (χ1) is 17.0. The molecule has 5 nitrogen and oxygen atoms in total. The van der Waals surface area contributed by atoms with Crippen molar-refractivity contribution in [3.8, 4) is 0 Å². The van der Waals surface area contributed by atoms with Crippen LogP contribution < -0.4 is 0 Å². The zero-order valence-electron chi connectivity index (χ0n) is 20.6. The van der Waals surface area contributed by atoms with E-state index in [1.807, 2.05) is 30.3 Å². The van der Waals surface area contributed by atoms with E-state index in [9.17, 15) is 9.90 Å². The van der Waals surface area contributed by atoms with Gasteiger partial charge in [0.1, 0.15) is 0 Å². The molecule has 0 aliphatic rings. The van der Waals surface area contributed by atoms with E-state index in [0.717, 1.165) is 44.9 Å². The van der Waals surface area contributed by atoms with E-state index < -0.39 is 0 Å². The summed E-state index contributed by atoms with van der Waals surface area (Å²) in [4.78, 5) is 18.8. The first-order valence-corrected chi connectivity index (χ1v) is 12.1. The molecule has 1 atom stereocenters. The molecule has 35 heavy (non-hydrogen) atoms. The monoisotopic (exact) mass is 478 g/mol. The third kappa shape index (κ3) is 16.8. The molecular formula is C30H38O5. The number of hydrogen-bond acceptors (Lipinski definition) is 4. The molecule has 0 radical (unpaired) electrons. The van der Waals surface area contributed by atoms with Crippen molar-refractivity contribution in [2.75, 3.05) is 6.61 Å². The molecule has 1 unspecified atom stereocenters. The van der Waals surface area contributed by atoms with Gasteiger partial charge in [-0.2, -0.15) is 0 Å². The summed E-state index contributed by atoms with van der Waals surface area (Å²) in [6.45, 7) is 1.70. The average Bonchev–Trinajstić information content (AvgIpc) is 2.88. The Bertz CT molecular complexity index is 898. The van der Waals surface area contributed by atoms with Crippen molar-refractivity contribution < 1.29 is 24.5 Å². The van der Waals surface area contributed by atoms with Crippen molar-refractivity contribution in [1.29, 1.82) is 0 Å². The summed E-state index contributed by atoms with van der Waals surface area (Å²) in [6, 6.07) is 31.0. The number of hydrogen-bond donors (Lipinski definition) is 2. The highest BCUT2D eigenvalue weighted by molar-refractivity contribution is 5.65. The van der Waals surface area contributed by atoms with Crippen LogP contribution in [0.4, 0.5) is 0 Å². The molecule has 0 aliphatic heterocycles. The topological polar surface area (TPSA) is 83.8 Å². The van der Waals surface area contributed by atoms with Gasteiger partial charge in [-0.1, -0.05) is 91.0 Å². The van der Waals surface area contributed by atoms with Crippen molar-refractivity contribution in [1.82, 2.24) is 0 Å². The molecule has 3 aromatic carbocycles. The molecule has 5 heteroatoms. The van der Waals surface area contributed by atoms with E-state index in [-0.39, 0.29) is 18.5 Å². The number of ether oxygens (including phenoxy) is 1. The SMILES string of the molecule is CC(=O)OCCCc1ccccc1.O=CO.OC(CCCc1ccccc1)CCc1ccccc1. The van der Waals surface area contributed by atoms with Gasteiger partial charge in [-0.25, -0.2) is 0 Å². The average molecular weight is 479 g/mol. The number of esters is 1. The summed E-state index contributed by atoms with van der Waals surface area (Å²) in [7, 11) is 0. The van der Waals surface area contributed by atoms with Crippen LogP contribution in [0.1, 0.15) is 49.3 Å². The number of rotatable bonds is 11. The molecule has 0 spiro atoms. The molecule has 0 aliphatic carbocycles. The fraction of sp³-hybridized carbons (Fsp3) is 0.333. The van der Waals surface area contributed by atoms with Crippen LogP contribution in [0.5, 0.6) is 0 Å². The summed E-state index contributed by atoms with van der Waals surface area (Å²) in [5.74, 6) is -0.201. The van der Waals surface area contributed by atoms with Gasteiger partial charge in [-0.3, -0.25) is 9.59 Å². The van der Waals surface area contributed by atoms with Crippen molar-refractivity contribution >= 4 is 12.4 Å². The number of carbonyl (C=O) groups excluding carboxylic acids is 1. The first kappa shape index (κ1) is 29.6. The zero-order chi connectivity index (χ0) is 25.6. The summed E-state index contributed by atoms with van der Waals surface area (Å²) in [5.41, 5.74) is 3.96. The maximum atomic E-state index is 10.4. The molecule has 0 saturated heterocycles. The molecule has 188 valence electrons. The lowest BCUT2D eigenvalue weighted by molar-refractivity contribution is -0.141. The van der Waals surface area contributed by atoms with Crippen LogP contribution in [0.3, 0.4) is 0 Å². The zero-order valence-corrected chi connectivity index (χ0v) is 20.6. The molecule has 2 N–H and O–H groups in total. The highest BCUT2D eigenvalue weighted by atomic mass is 16.5. The lowest BCUT2D eigenvalue weighted by Gasteiger charge is -2.10. The maximum absolute atomic E-state index is 10.4. The fourth-order valence-corrected chi connectivity index (χ4v) is 3.45. The summed E-state index contributed by atoms with van der Waals surface area (Å²) < 4.78 is 4.82. The van der Waals surface area contributed by atoms with Crippen molar-refractivity contribution in [2.45, 2.75) is 58.0 Å². The second kappa shape index (κ2) is 20.0. The minimum absolute atomic E-state index is 0.177. The molecule has 3 rings (SSSR count). The van der Waals surface area contributed by atoms with Gasteiger partial charge < -0.3 is 14.9 Å². The van der Waals surface area contributed by atoms with Gasteiger partial charge in [0.25, 0.3) is 6.47 Å². The second-order valence-corrected chi connectivity index (χ2v) is 8.09. The van der Waals surface area contributed by atoms with Gasteiger partial charge in [-0.05, 0) is 61.6 Å². The van der Waals surface area contributed by atoms with E-state index in [2.05, 4.69) is 60.7 Å². The third-order valence-corrected chi connectivity index (χ3v) is 5.21. The molecule has 0 aromatic heterocycles. The van der Waals surface area contributed by atoms with E-state index in [1.54, 1.807) is 0 Å². The van der Waals surface area contributed by atoms with E-state index >= 15 is 0 Å². The molecule has 3 aromatic rings. The number of benzene rings is 3. The van der Waals surface area contributed by atoms with Gasteiger partial charge in [0, 0.05) is 6.92 Å². The second-order valence-electron chi connectivity index (χ2n) is 8.09. The Balaban J connectivity index is 0.000000333. The Morgan fingerprint density at radius 3 is 1.57 bits per heavy atom. The summed E-state index contributed by atoms with van der Waals surface area (Å²) in [6.07, 6.45) is 6.51. The Labute approximate surface area is 209 Å². The Morgan fingerprint density at radius 1 is 0.743 bits per heavy atom. The highest BCUT2D eigenvalue weighted by Crippen LogP contribution is 2.11. The minimum atomic E-state index is -0.250. The van der Waals surface area contributed by atoms with Crippen LogP contribution in [0.25, 0.3) is 0 Å². The number of carboxylic acid groups (broad SMARTS) is 1. The van der Waals surface area contributed by atoms with Gasteiger partial charge in [0.15, 0.2) is 0 Å². The molecule has 0 fully saturated rings. The summed E-state index contributed by atoms with van der Waals surface area (Å²) >= 11 is 0. The van der Waals surface area contributed by atoms with Crippen molar-refractivity contribution in [3.05, 3.63) is 108 Å². The third-order valence-electron chi connectivity index (χ3n) is 5.21. The van der Waals surface area contributed by atoms with Crippen LogP contribution in [-0.4, -0.2) is 35.4 Å². The molecular weight excluding hydrogens is 440 g/mol. The predicted octanol–water partition coefficient (Wildman–Crippen LogP) is 5.89.